The topological polar surface area (TPSA) is 81.0 Å². The summed E-state index contributed by atoms with van der Waals surface area (Å²) in [5.41, 5.74) is 5.69. The Morgan fingerprint density at radius 2 is 2.33 bits per heavy atom. The van der Waals surface area contributed by atoms with Crippen LogP contribution in [0.5, 0.6) is 0 Å². The van der Waals surface area contributed by atoms with E-state index in [0.29, 0.717) is 11.4 Å². The first-order valence-corrected chi connectivity index (χ1v) is 3.49. The smallest absolute Gasteiger partial charge is 0.255 e. The largest absolute Gasteiger partial charge is 0.383 e. The SMILES string of the molecule is COCc1nc(N)c(C)c(=O)[nH]1. The van der Waals surface area contributed by atoms with Crippen LogP contribution in [0.2, 0.25) is 0 Å². The fourth-order valence-corrected chi connectivity index (χ4v) is 0.803. The van der Waals surface area contributed by atoms with E-state index in [-0.39, 0.29) is 18.0 Å². The van der Waals surface area contributed by atoms with E-state index in [1.165, 1.54) is 7.11 Å². The predicted molar refractivity (Wildman–Crippen MR) is 44.7 cm³/mol. The van der Waals surface area contributed by atoms with E-state index in [4.69, 9.17) is 10.5 Å². The highest BCUT2D eigenvalue weighted by molar-refractivity contribution is 5.35. The molecule has 0 aliphatic rings. The monoisotopic (exact) mass is 169 g/mol. The van der Waals surface area contributed by atoms with Crippen LogP contribution in [0.1, 0.15) is 11.4 Å². The number of nitrogens with zero attached hydrogens (tertiary/aromatic N) is 1. The summed E-state index contributed by atoms with van der Waals surface area (Å²) in [6.07, 6.45) is 0. The molecule has 0 fully saturated rings. The lowest BCUT2D eigenvalue weighted by Gasteiger charge is -2.01. The Labute approximate surface area is 69.6 Å². The Morgan fingerprint density at radius 1 is 1.67 bits per heavy atom. The van der Waals surface area contributed by atoms with E-state index in [0.717, 1.165) is 0 Å². The Bertz CT molecular complexity index is 332. The van der Waals surface area contributed by atoms with Crippen LogP contribution in [0.4, 0.5) is 5.82 Å². The summed E-state index contributed by atoms with van der Waals surface area (Å²) in [6.45, 7) is 1.89. The molecule has 0 radical (unpaired) electrons. The molecule has 3 N–H and O–H groups in total. The molecule has 0 amide bonds. The van der Waals surface area contributed by atoms with Crippen LogP contribution >= 0.6 is 0 Å². The molecule has 0 saturated carbocycles. The zero-order valence-electron chi connectivity index (χ0n) is 7.05. The van der Waals surface area contributed by atoms with Crippen molar-refractivity contribution in [3.63, 3.8) is 0 Å². The molecule has 1 rings (SSSR count). The minimum Gasteiger partial charge on any atom is -0.383 e. The molecular formula is C7H11N3O2. The standard InChI is InChI=1S/C7H11N3O2/c1-4-6(8)9-5(3-12-2)10-7(4)11/h3H2,1-2H3,(H3,8,9,10,11). The van der Waals surface area contributed by atoms with Gasteiger partial charge in [-0.2, -0.15) is 0 Å². The molecule has 0 bridgehead atoms. The molecule has 0 aromatic carbocycles. The number of rotatable bonds is 2. The lowest BCUT2D eigenvalue weighted by atomic mass is 10.3. The number of hydrogen-bond donors (Lipinski definition) is 2. The predicted octanol–water partition coefficient (Wildman–Crippen LogP) is -0.193. The molecule has 66 valence electrons. The van der Waals surface area contributed by atoms with Gasteiger partial charge in [0.1, 0.15) is 18.2 Å². The summed E-state index contributed by atoms with van der Waals surface area (Å²) in [4.78, 5) is 17.6. The van der Waals surface area contributed by atoms with Crippen molar-refractivity contribution in [3.8, 4) is 0 Å². The normalized spacial score (nSPS) is 10.2. The van der Waals surface area contributed by atoms with Gasteiger partial charge in [-0.25, -0.2) is 4.98 Å². The number of anilines is 1. The van der Waals surface area contributed by atoms with E-state index in [9.17, 15) is 4.79 Å². The van der Waals surface area contributed by atoms with E-state index < -0.39 is 0 Å². The second-order valence-corrected chi connectivity index (χ2v) is 2.46. The number of nitrogens with two attached hydrogens (primary N) is 1. The average Bonchev–Trinajstić information content (AvgIpc) is 2.01. The number of nitrogens with one attached hydrogen (secondary N) is 1. The summed E-state index contributed by atoms with van der Waals surface area (Å²) in [6, 6.07) is 0. The van der Waals surface area contributed by atoms with Crippen molar-refractivity contribution in [2.75, 3.05) is 12.8 Å². The average molecular weight is 169 g/mol. The Morgan fingerprint density at radius 3 is 2.83 bits per heavy atom. The summed E-state index contributed by atoms with van der Waals surface area (Å²) in [7, 11) is 1.52. The molecular weight excluding hydrogens is 158 g/mol. The van der Waals surface area contributed by atoms with Crippen LogP contribution in [0, 0.1) is 6.92 Å². The van der Waals surface area contributed by atoms with Crippen LogP contribution in [-0.2, 0) is 11.3 Å². The van der Waals surface area contributed by atoms with Gasteiger partial charge < -0.3 is 15.5 Å². The summed E-state index contributed by atoms with van der Waals surface area (Å²) in [5, 5.41) is 0. The number of nitrogen functional groups attached to an aromatic ring is 1. The van der Waals surface area contributed by atoms with Gasteiger partial charge in [-0.05, 0) is 6.92 Å². The number of H-pyrrole nitrogens is 1. The van der Waals surface area contributed by atoms with E-state index in [1.54, 1.807) is 6.92 Å². The molecule has 0 atom stereocenters. The molecule has 1 heterocycles. The van der Waals surface area contributed by atoms with E-state index in [1.807, 2.05) is 0 Å². The third-order valence-corrected chi connectivity index (χ3v) is 1.52. The van der Waals surface area contributed by atoms with Crippen molar-refractivity contribution in [3.05, 3.63) is 21.7 Å². The van der Waals surface area contributed by atoms with Gasteiger partial charge >= 0.3 is 0 Å². The van der Waals surface area contributed by atoms with Crippen molar-refractivity contribution in [2.24, 2.45) is 0 Å². The highest BCUT2D eigenvalue weighted by Gasteiger charge is 2.02. The van der Waals surface area contributed by atoms with Crippen LogP contribution in [0.15, 0.2) is 4.79 Å². The second kappa shape index (κ2) is 3.36. The van der Waals surface area contributed by atoms with Crippen molar-refractivity contribution in [1.29, 1.82) is 0 Å². The lowest BCUT2D eigenvalue weighted by molar-refractivity contribution is 0.177. The molecule has 0 aliphatic carbocycles. The van der Waals surface area contributed by atoms with Gasteiger partial charge in [0.15, 0.2) is 0 Å². The number of aromatic nitrogens is 2. The number of methoxy groups -OCH3 is 1. The third kappa shape index (κ3) is 1.62. The molecule has 5 nitrogen and oxygen atoms in total. The molecule has 0 unspecified atom stereocenters. The van der Waals surface area contributed by atoms with Crippen molar-refractivity contribution in [1.82, 2.24) is 9.97 Å². The minimum absolute atomic E-state index is 0.213. The van der Waals surface area contributed by atoms with Crippen LogP contribution in [0.3, 0.4) is 0 Å². The number of hydrogen-bond acceptors (Lipinski definition) is 4. The molecule has 12 heavy (non-hydrogen) atoms. The first-order valence-electron chi connectivity index (χ1n) is 3.49. The highest BCUT2D eigenvalue weighted by Crippen LogP contribution is 2.00. The van der Waals surface area contributed by atoms with Gasteiger partial charge in [-0.3, -0.25) is 4.79 Å². The van der Waals surface area contributed by atoms with Gasteiger partial charge in [0.2, 0.25) is 0 Å². The van der Waals surface area contributed by atoms with Crippen molar-refractivity contribution in [2.45, 2.75) is 13.5 Å². The van der Waals surface area contributed by atoms with Gasteiger partial charge in [0.25, 0.3) is 5.56 Å². The molecule has 1 aromatic rings. The lowest BCUT2D eigenvalue weighted by Crippen LogP contribution is -2.17. The summed E-state index contributed by atoms with van der Waals surface area (Å²) >= 11 is 0. The molecule has 0 aliphatic heterocycles. The highest BCUT2D eigenvalue weighted by atomic mass is 16.5. The van der Waals surface area contributed by atoms with Crippen molar-refractivity contribution < 1.29 is 4.74 Å². The van der Waals surface area contributed by atoms with Gasteiger partial charge in [-0.1, -0.05) is 0 Å². The molecule has 5 heteroatoms. The van der Waals surface area contributed by atoms with Gasteiger partial charge in [0, 0.05) is 7.11 Å². The maximum atomic E-state index is 11.1. The quantitative estimate of drug-likeness (QED) is 0.642. The summed E-state index contributed by atoms with van der Waals surface area (Å²) in [5.74, 6) is 0.705. The van der Waals surface area contributed by atoms with Crippen LogP contribution in [-0.4, -0.2) is 17.1 Å². The number of aromatic amines is 1. The minimum atomic E-state index is -0.213. The molecule has 0 saturated heterocycles. The van der Waals surface area contributed by atoms with E-state index in [2.05, 4.69) is 9.97 Å². The Balaban J connectivity index is 3.13. The Hall–Kier alpha value is -1.36. The summed E-state index contributed by atoms with van der Waals surface area (Å²) < 4.78 is 4.79. The maximum Gasteiger partial charge on any atom is 0.255 e. The Kier molecular flexibility index (Phi) is 2.44. The van der Waals surface area contributed by atoms with Crippen LogP contribution in [0.25, 0.3) is 0 Å². The zero-order valence-corrected chi connectivity index (χ0v) is 7.05. The maximum absolute atomic E-state index is 11.1. The third-order valence-electron chi connectivity index (χ3n) is 1.52. The zero-order chi connectivity index (χ0) is 9.14. The fourth-order valence-electron chi connectivity index (χ4n) is 0.803. The number of ether oxygens (including phenoxy) is 1. The van der Waals surface area contributed by atoms with Gasteiger partial charge in [-0.15, -0.1) is 0 Å². The van der Waals surface area contributed by atoms with Crippen LogP contribution < -0.4 is 11.3 Å². The molecule has 1 aromatic heterocycles. The first-order chi connectivity index (χ1) is 5.65. The molecule has 0 spiro atoms. The second-order valence-electron chi connectivity index (χ2n) is 2.46. The fraction of sp³-hybridized carbons (Fsp3) is 0.429. The van der Waals surface area contributed by atoms with Gasteiger partial charge in [0.05, 0.1) is 5.56 Å². The first kappa shape index (κ1) is 8.73. The van der Waals surface area contributed by atoms with Crippen molar-refractivity contribution >= 4 is 5.82 Å². The van der Waals surface area contributed by atoms with E-state index >= 15 is 0 Å².